The van der Waals surface area contributed by atoms with Crippen LogP contribution in [0.4, 0.5) is 18.0 Å². The van der Waals surface area contributed by atoms with Gasteiger partial charge in [-0.3, -0.25) is 0 Å². The van der Waals surface area contributed by atoms with Crippen molar-refractivity contribution >= 4 is 6.03 Å². The predicted octanol–water partition coefficient (Wildman–Crippen LogP) is 2.24. The van der Waals surface area contributed by atoms with Gasteiger partial charge in [-0.15, -0.1) is 0 Å². The molecule has 0 bridgehead atoms. The molecule has 1 aliphatic heterocycles. The van der Waals surface area contributed by atoms with Crippen LogP contribution in [0.15, 0.2) is 24.3 Å². The summed E-state index contributed by atoms with van der Waals surface area (Å²) in [7, 11) is 0. The number of likely N-dealkylation sites (tertiary alicyclic amines) is 1. The Bertz CT molecular complexity index is 490. The molecule has 0 unspecified atom stereocenters. The third-order valence-corrected chi connectivity index (χ3v) is 3.14. The van der Waals surface area contributed by atoms with Crippen molar-refractivity contribution in [2.24, 2.45) is 5.73 Å². The Hall–Kier alpha value is -1.92. The highest BCUT2D eigenvalue weighted by Crippen LogP contribution is 2.32. The number of benzene rings is 1. The monoisotopic (exact) mass is 274 g/mol. The first kappa shape index (κ1) is 13.5. The number of halogens is 3. The zero-order valence-electron chi connectivity index (χ0n) is 10.1. The van der Waals surface area contributed by atoms with Crippen molar-refractivity contribution in [3.05, 3.63) is 29.8 Å². The molecule has 1 aliphatic rings. The SMILES string of the molecule is C[C@H]1[C@@H](Oc2cccc(C(F)(F)F)c2)CN1C(N)=O. The molecule has 0 spiro atoms. The van der Waals surface area contributed by atoms with Gasteiger partial charge in [0.05, 0.1) is 18.2 Å². The van der Waals surface area contributed by atoms with Crippen LogP contribution in [0.25, 0.3) is 0 Å². The van der Waals surface area contributed by atoms with Crippen molar-refractivity contribution in [2.45, 2.75) is 25.2 Å². The summed E-state index contributed by atoms with van der Waals surface area (Å²) < 4.78 is 43.0. The molecule has 1 aromatic carbocycles. The molecule has 0 saturated carbocycles. The van der Waals surface area contributed by atoms with Crippen molar-refractivity contribution < 1.29 is 22.7 Å². The van der Waals surface area contributed by atoms with Crippen molar-refractivity contribution in [1.82, 2.24) is 4.90 Å². The summed E-state index contributed by atoms with van der Waals surface area (Å²) >= 11 is 0. The fourth-order valence-corrected chi connectivity index (χ4v) is 1.92. The van der Waals surface area contributed by atoms with Gasteiger partial charge in [-0.2, -0.15) is 13.2 Å². The van der Waals surface area contributed by atoms with Crippen LogP contribution in [0, 0.1) is 0 Å². The Morgan fingerprint density at radius 1 is 1.47 bits per heavy atom. The molecule has 1 aromatic rings. The minimum Gasteiger partial charge on any atom is -0.486 e. The highest BCUT2D eigenvalue weighted by molar-refractivity contribution is 5.73. The first-order valence-electron chi connectivity index (χ1n) is 5.69. The first-order valence-corrected chi connectivity index (χ1v) is 5.69. The number of alkyl halides is 3. The van der Waals surface area contributed by atoms with Gasteiger partial charge in [0.25, 0.3) is 0 Å². The number of ether oxygens (including phenoxy) is 1. The Morgan fingerprint density at radius 2 is 2.16 bits per heavy atom. The molecule has 0 radical (unpaired) electrons. The number of nitrogens with two attached hydrogens (primary N) is 1. The predicted molar refractivity (Wildman–Crippen MR) is 61.6 cm³/mol. The highest BCUT2D eigenvalue weighted by Gasteiger charge is 2.39. The van der Waals surface area contributed by atoms with Gasteiger partial charge >= 0.3 is 12.2 Å². The molecular weight excluding hydrogens is 261 g/mol. The number of rotatable bonds is 2. The van der Waals surface area contributed by atoms with Crippen molar-refractivity contribution in [1.29, 1.82) is 0 Å². The molecule has 4 nitrogen and oxygen atoms in total. The van der Waals surface area contributed by atoms with Crippen molar-refractivity contribution in [3.63, 3.8) is 0 Å². The van der Waals surface area contributed by atoms with Crippen LogP contribution in [0.2, 0.25) is 0 Å². The van der Waals surface area contributed by atoms with E-state index in [4.69, 9.17) is 10.5 Å². The topological polar surface area (TPSA) is 55.6 Å². The molecule has 0 aromatic heterocycles. The molecule has 2 amide bonds. The van der Waals surface area contributed by atoms with Crippen LogP contribution in [0.1, 0.15) is 12.5 Å². The van der Waals surface area contributed by atoms with Gasteiger partial charge in [-0.05, 0) is 25.1 Å². The molecule has 1 saturated heterocycles. The Kier molecular flexibility index (Phi) is 3.30. The number of carbonyl (C=O) groups is 1. The lowest BCUT2D eigenvalue weighted by Crippen LogP contribution is -2.64. The zero-order chi connectivity index (χ0) is 14.2. The van der Waals surface area contributed by atoms with Crippen LogP contribution >= 0.6 is 0 Å². The third-order valence-electron chi connectivity index (χ3n) is 3.14. The van der Waals surface area contributed by atoms with Crippen molar-refractivity contribution in [3.8, 4) is 5.75 Å². The number of nitrogens with zero attached hydrogens (tertiary/aromatic N) is 1. The van der Waals surface area contributed by atoms with E-state index in [1.165, 1.54) is 17.0 Å². The fourth-order valence-electron chi connectivity index (χ4n) is 1.92. The van der Waals surface area contributed by atoms with Crippen molar-refractivity contribution in [2.75, 3.05) is 6.54 Å². The van der Waals surface area contributed by atoms with Crippen LogP contribution < -0.4 is 10.5 Å². The average molecular weight is 274 g/mol. The normalized spacial score (nSPS) is 22.8. The number of carbonyl (C=O) groups excluding carboxylic acids is 1. The van der Waals surface area contributed by atoms with E-state index in [0.29, 0.717) is 0 Å². The van der Waals surface area contributed by atoms with E-state index in [-0.39, 0.29) is 24.4 Å². The van der Waals surface area contributed by atoms with E-state index in [0.717, 1.165) is 12.1 Å². The lowest BCUT2D eigenvalue weighted by molar-refractivity contribution is -0.137. The molecule has 104 valence electrons. The van der Waals surface area contributed by atoms with Crippen LogP contribution in [-0.2, 0) is 6.18 Å². The second-order valence-electron chi connectivity index (χ2n) is 4.41. The summed E-state index contributed by atoms with van der Waals surface area (Å²) in [6, 6.07) is 3.86. The summed E-state index contributed by atoms with van der Waals surface area (Å²) in [5.74, 6) is 0.135. The number of primary amides is 1. The smallest absolute Gasteiger partial charge is 0.416 e. The Balaban J connectivity index is 2.04. The molecular formula is C12H13F3N2O2. The number of hydrogen-bond donors (Lipinski definition) is 1. The maximum Gasteiger partial charge on any atom is 0.416 e. The maximum atomic E-state index is 12.5. The molecule has 19 heavy (non-hydrogen) atoms. The average Bonchev–Trinajstić information content (AvgIpc) is 2.32. The van der Waals surface area contributed by atoms with E-state index in [1.807, 2.05) is 0 Å². The lowest BCUT2D eigenvalue weighted by atomic mass is 10.0. The fraction of sp³-hybridized carbons (Fsp3) is 0.417. The van der Waals surface area contributed by atoms with E-state index in [1.54, 1.807) is 6.92 Å². The number of amides is 2. The second kappa shape index (κ2) is 4.64. The van der Waals surface area contributed by atoms with E-state index < -0.39 is 17.8 Å². The molecule has 0 aliphatic carbocycles. The van der Waals surface area contributed by atoms with Gasteiger partial charge < -0.3 is 15.4 Å². The van der Waals surface area contributed by atoms with Gasteiger partial charge in [0, 0.05) is 0 Å². The largest absolute Gasteiger partial charge is 0.486 e. The zero-order valence-corrected chi connectivity index (χ0v) is 10.1. The van der Waals surface area contributed by atoms with Crippen LogP contribution in [-0.4, -0.2) is 29.6 Å². The van der Waals surface area contributed by atoms with Gasteiger partial charge in [0.2, 0.25) is 0 Å². The molecule has 2 N–H and O–H groups in total. The summed E-state index contributed by atoms with van der Waals surface area (Å²) in [6.07, 6.45) is -4.74. The summed E-state index contributed by atoms with van der Waals surface area (Å²) in [6.45, 7) is 2.01. The summed E-state index contributed by atoms with van der Waals surface area (Å²) in [4.78, 5) is 12.3. The van der Waals surface area contributed by atoms with Gasteiger partial charge in [0.15, 0.2) is 0 Å². The molecule has 2 rings (SSSR count). The van der Waals surface area contributed by atoms with E-state index in [2.05, 4.69) is 0 Å². The summed E-state index contributed by atoms with van der Waals surface area (Å²) in [5, 5.41) is 0. The minimum absolute atomic E-state index is 0.135. The second-order valence-corrected chi connectivity index (χ2v) is 4.41. The van der Waals surface area contributed by atoms with E-state index >= 15 is 0 Å². The molecule has 7 heteroatoms. The molecule has 2 atom stereocenters. The molecule has 1 heterocycles. The quantitative estimate of drug-likeness (QED) is 0.899. The maximum absolute atomic E-state index is 12.5. The van der Waals surface area contributed by atoms with Gasteiger partial charge in [0.1, 0.15) is 11.9 Å². The Morgan fingerprint density at radius 3 is 2.68 bits per heavy atom. The number of hydrogen-bond acceptors (Lipinski definition) is 2. The lowest BCUT2D eigenvalue weighted by Gasteiger charge is -2.44. The highest BCUT2D eigenvalue weighted by atomic mass is 19.4. The Labute approximate surface area is 107 Å². The van der Waals surface area contributed by atoms with E-state index in [9.17, 15) is 18.0 Å². The minimum atomic E-state index is -4.40. The third kappa shape index (κ3) is 2.74. The number of urea groups is 1. The standard InChI is InChI=1S/C12H13F3N2O2/c1-7-10(6-17(7)11(16)18)19-9-4-2-3-8(5-9)12(13,14)15/h2-5,7,10H,6H2,1H3,(H2,16,18)/t7-,10-/m0/s1. The molecule has 1 fully saturated rings. The van der Waals surface area contributed by atoms with Crippen LogP contribution in [0.3, 0.4) is 0 Å². The van der Waals surface area contributed by atoms with Gasteiger partial charge in [-0.1, -0.05) is 6.07 Å². The summed E-state index contributed by atoms with van der Waals surface area (Å²) in [5.41, 5.74) is 4.35. The first-order chi connectivity index (χ1) is 8.79. The van der Waals surface area contributed by atoms with Crippen LogP contribution in [0.5, 0.6) is 5.75 Å². The van der Waals surface area contributed by atoms with Gasteiger partial charge in [-0.25, -0.2) is 4.79 Å².